The zero-order valence-corrected chi connectivity index (χ0v) is 11.8. The Balaban J connectivity index is 2.90. The number of aryl methyl sites for hydroxylation is 2. The molecule has 1 aromatic rings. The minimum Gasteiger partial charge on any atom is -0.481 e. The number of Topliss-reactive ketones (excluding diaryl/α,β-unsaturated/α-hetero) is 1. The van der Waals surface area contributed by atoms with E-state index in [1.54, 1.807) is 0 Å². The van der Waals surface area contributed by atoms with Crippen molar-refractivity contribution in [3.05, 3.63) is 34.9 Å². The summed E-state index contributed by atoms with van der Waals surface area (Å²) in [6.07, 6.45) is 0.126. The van der Waals surface area contributed by atoms with Gasteiger partial charge >= 0.3 is 5.97 Å². The van der Waals surface area contributed by atoms with Crippen LogP contribution in [-0.2, 0) is 4.79 Å². The lowest BCUT2D eigenvalue weighted by Gasteiger charge is -2.18. The maximum absolute atomic E-state index is 12.5. The van der Waals surface area contributed by atoms with Gasteiger partial charge in [0.2, 0.25) is 0 Å². The first kappa shape index (κ1) is 16.3. The number of carbonyl (C=O) groups excluding carboxylic acids is 1. The SMILES string of the molecule is Cc1ccc(C)c(C(=O)C(CCC(=O)O)NCCO)c1. The van der Waals surface area contributed by atoms with E-state index in [1.165, 1.54) is 0 Å². The number of carboxylic acids is 1. The van der Waals surface area contributed by atoms with Gasteiger partial charge in [-0.15, -0.1) is 0 Å². The summed E-state index contributed by atoms with van der Waals surface area (Å²) in [4.78, 5) is 23.2. The van der Waals surface area contributed by atoms with Crippen molar-refractivity contribution in [1.29, 1.82) is 0 Å². The molecule has 1 rings (SSSR count). The van der Waals surface area contributed by atoms with Gasteiger partial charge in [0.25, 0.3) is 0 Å². The molecule has 1 atom stereocenters. The van der Waals surface area contributed by atoms with Crippen molar-refractivity contribution in [3.63, 3.8) is 0 Å². The van der Waals surface area contributed by atoms with Gasteiger partial charge in [-0.3, -0.25) is 9.59 Å². The molecule has 0 aromatic heterocycles. The molecule has 0 radical (unpaired) electrons. The molecule has 0 bridgehead atoms. The van der Waals surface area contributed by atoms with Crippen LogP contribution in [0.25, 0.3) is 0 Å². The Labute approximate surface area is 118 Å². The third-order valence-corrected chi connectivity index (χ3v) is 3.12. The number of aliphatic hydroxyl groups excluding tert-OH is 1. The van der Waals surface area contributed by atoms with Gasteiger partial charge < -0.3 is 15.5 Å². The molecule has 0 heterocycles. The zero-order valence-electron chi connectivity index (χ0n) is 11.8. The summed E-state index contributed by atoms with van der Waals surface area (Å²) in [5, 5.41) is 20.5. The van der Waals surface area contributed by atoms with E-state index in [4.69, 9.17) is 10.2 Å². The number of ketones is 1. The lowest BCUT2D eigenvalue weighted by molar-refractivity contribution is -0.137. The van der Waals surface area contributed by atoms with Gasteiger partial charge in [0.05, 0.1) is 12.6 Å². The number of rotatable bonds is 8. The van der Waals surface area contributed by atoms with Crippen molar-refractivity contribution in [2.75, 3.05) is 13.2 Å². The highest BCUT2D eigenvalue weighted by Crippen LogP contribution is 2.15. The number of benzene rings is 1. The molecule has 1 unspecified atom stereocenters. The summed E-state index contributed by atoms with van der Waals surface area (Å²) in [6, 6.07) is 5.03. The van der Waals surface area contributed by atoms with Crippen LogP contribution < -0.4 is 5.32 Å². The molecule has 0 aliphatic heterocycles. The van der Waals surface area contributed by atoms with Crippen LogP contribution in [0.4, 0.5) is 0 Å². The van der Waals surface area contributed by atoms with Crippen LogP contribution in [0.1, 0.15) is 34.3 Å². The first-order chi connectivity index (χ1) is 9.45. The summed E-state index contributed by atoms with van der Waals surface area (Å²) in [7, 11) is 0. The van der Waals surface area contributed by atoms with E-state index in [0.717, 1.165) is 11.1 Å². The smallest absolute Gasteiger partial charge is 0.303 e. The number of carboxylic acid groups (broad SMARTS) is 1. The number of nitrogens with one attached hydrogen (secondary N) is 1. The van der Waals surface area contributed by atoms with E-state index in [-0.39, 0.29) is 31.8 Å². The molecule has 110 valence electrons. The van der Waals surface area contributed by atoms with E-state index < -0.39 is 12.0 Å². The first-order valence-corrected chi connectivity index (χ1v) is 6.63. The standard InChI is InChI=1S/C15H21NO4/c1-10-3-4-11(2)12(9-10)15(20)13(16-7-8-17)5-6-14(18)19/h3-4,9,13,16-17H,5-8H2,1-2H3,(H,18,19). The third kappa shape index (κ3) is 4.75. The third-order valence-electron chi connectivity index (χ3n) is 3.12. The highest BCUT2D eigenvalue weighted by atomic mass is 16.4. The van der Waals surface area contributed by atoms with Gasteiger partial charge in [0.15, 0.2) is 5.78 Å². The molecule has 0 aliphatic carbocycles. The highest BCUT2D eigenvalue weighted by molar-refractivity contribution is 6.01. The highest BCUT2D eigenvalue weighted by Gasteiger charge is 2.21. The van der Waals surface area contributed by atoms with Crippen LogP contribution in [0.2, 0.25) is 0 Å². The van der Waals surface area contributed by atoms with Gasteiger partial charge in [-0.2, -0.15) is 0 Å². The Morgan fingerprint density at radius 1 is 1.30 bits per heavy atom. The van der Waals surface area contributed by atoms with Crippen LogP contribution in [0.5, 0.6) is 0 Å². The monoisotopic (exact) mass is 279 g/mol. The second-order valence-corrected chi connectivity index (χ2v) is 4.85. The van der Waals surface area contributed by atoms with Crippen molar-refractivity contribution >= 4 is 11.8 Å². The van der Waals surface area contributed by atoms with Crippen LogP contribution in [-0.4, -0.2) is 41.2 Å². The Morgan fingerprint density at radius 3 is 2.60 bits per heavy atom. The average Bonchev–Trinajstić information content (AvgIpc) is 2.40. The van der Waals surface area contributed by atoms with E-state index in [0.29, 0.717) is 5.56 Å². The van der Waals surface area contributed by atoms with Crippen LogP contribution in [0.3, 0.4) is 0 Å². The van der Waals surface area contributed by atoms with E-state index >= 15 is 0 Å². The molecular formula is C15H21NO4. The van der Waals surface area contributed by atoms with Crippen molar-refractivity contribution in [2.24, 2.45) is 0 Å². The minimum absolute atomic E-state index is 0.0836. The normalized spacial score (nSPS) is 12.2. The van der Waals surface area contributed by atoms with Gasteiger partial charge in [0.1, 0.15) is 0 Å². The van der Waals surface area contributed by atoms with Crippen molar-refractivity contribution in [3.8, 4) is 0 Å². The lowest BCUT2D eigenvalue weighted by Crippen LogP contribution is -2.39. The molecule has 5 nitrogen and oxygen atoms in total. The summed E-state index contributed by atoms with van der Waals surface area (Å²) in [5.41, 5.74) is 2.45. The molecule has 3 N–H and O–H groups in total. The van der Waals surface area contributed by atoms with Crippen molar-refractivity contribution in [1.82, 2.24) is 5.32 Å². The fraction of sp³-hybridized carbons (Fsp3) is 0.467. The van der Waals surface area contributed by atoms with Crippen molar-refractivity contribution in [2.45, 2.75) is 32.7 Å². The average molecular weight is 279 g/mol. The number of carbonyl (C=O) groups is 2. The second-order valence-electron chi connectivity index (χ2n) is 4.85. The summed E-state index contributed by atoms with van der Waals surface area (Å²) in [6.45, 7) is 3.93. The summed E-state index contributed by atoms with van der Waals surface area (Å²) < 4.78 is 0. The molecule has 1 aromatic carbocycles. The maximum Gasteiger partial charge on any atom is 0.303 e. The lowest BCUT2D eigenvalue weighted by atomic mass is 9.95. The molecule has 5 heteroatoms. The Hall–Kier alpha value is -1.72. The molecular weight excluding hydrogens is 258 g/mol. The molecule has 0 saturated heterocycles. The van der Waals surface area contributed by atoms with Gasteiger partial charge in [-0.05, 0) is 31.9 Å². The molecule has 0 spiro atoms. The van der Waals surface area contributed by atoms with E-state index in [9.17, 15) is 9.59 Å². The largest absolute Gasteiger partial charge is 0.481 e. The predicted octanol–water partition coefficient (Wildman–Crippen LogP) is 1.30. The molecule has 0 fully saturated rings. The number of hydrogen-bond donors (Lipinski definition) is 3. The molecule has 0 amide bonds. The number of aliphatic hydroxyl groups is 1. The van der Waals surface area contributed by atoms with Crippen molar-refractivity contribution < 1.29 is 19.8 Å². The van der Waals surface area contributed by atoms with Crippen LogP contribution >= 0.6 is 0 Å². The molecule has 0 aliphatic rings. The Morgan fingerprint density at radius 2 is 2.00 bits per heavy atom. The molecule has 20 heavy (non-hydrogen) atoms. The summed E-state index contributed by atoms with van der Waals surface area (Å²) >= 11 is 0. The minimum atomic E-state index is -0.936. The maximum atomic E-state index is 12.5. The number of hydrogen-bond acceptors (Lipinski definition) is 4. The van der Waals surface area contributed by atoms with Crippen LogP contribution in [0.15, 0.2) is 18.2 Å². The quantitative estimate of drug-likeness (QED) is 0.624. The summed E-state index contributed by atoms with van der Waals surface area (Å²) in [5.74, 6) is -1.06. The Kier molecular flexibility index (Phi) is 6.35. The first-order valence-electron chi connectivity index (χ1n) is 6.63. The fourth-order valence-electron chi connectivity index (χ4n) is 2.02. The number of aliphatic carboxylic acids is 1. The predicted molar refractivity (Wildman–Crippen MR) is 76.0 cm³/mol. The van der Waals surface area contributed by atoms with Crippen LogP contribution in [0, 0.1) is 13.8 Å². The topological polar surface area (TPSA) is 86.6 Å². The fourth-order valence-corrected chi connectivity index (χ4v) is 2.02. The second kappa shape index (κ2) is 7.77. The zero-order chi connectivity index (χ0) is 15.1. The van der Waals surface area contributed by atoms with E-state index in [1.807, 2.05) is 32.0 Å². The van der Waals surface area contributed by atoms with Gasteiger partial charge in [0, 0.05) is 18.5 Å². The van der Waals surface area contributed by atoms with Gasteiger partial charge in [-0.1, -0.05) is 17.7 Å². The van der Waals surface area contributed by atoms with E-state index in [2.05, 4.69) is 5.32 Å². The van der Waals surface area contributed by atoms with Gasteiger partial charge in [-0.25, -0.2) is 0 Å². The molecule has 0 saturated carbocycles. The Bertz CT molecular complexity index is 485.